The number of carbonyl (C=O) groups is 1. The van der Waals surface area contributed by atoms with Gasteiger partial charge >= 0.3 is 6.18 Å². The summed E-state index contributed by atoms with van der Waals surface area (Å²) < 4.78 is 45.2. The van der Waals surface area contributed by atoms with Gasteiger partial charge in [0.2, 0.25) is 0 Å². The zero-order chi connectivity index (χ0) is 17.5. The molecule has 0 saturated heterocycles. The van der Waals surface area contributed by atoms with E-state index in [-0.39, 0.29) is 16.7 Å². The zero-order valence-electron chi connectivity index (χ0n) is 13.4. The van der Waals surface area contributed by atoms with E-state index in [9.17, 15) is 18.0 Å². The lowest BCUT2D eigenvalue weighted by Crippen LogP contribution is -2.32. The molecule has 0 aliphatic carbocycles. The van der Waals surface area contributed by atoms with Crippen LogP contribution in [0.5, 0.6) is 5.75 Å². The van der Waals surface area contributed by atoms with Gasteiger partial charge in [-0.15, -0.1) is 0 Å². The van der Waals surface area contributed by atoms with Crippen LogP contribution in [0.15, 0.2) is 42.5 Å². The Morgan fingerprint density at radius 2 is 1.83 bits per heavy atom. The SMILES string of the molecule is CC1(C)CCc2cc(C(=O)c3ccccc3C(F)(F)F)ccc2O1. The van der Waals surface area contributed by atoms with E-state index in [4.69, 9.17) is 4.74 Å². The smallest absolute Gasteiger partial charge is 0.417 e. The number of hydrogen-bond acceptors (Lipinski definition) is 2. The zero-order valence-corrected chi connectivity index (χ0v) is 13.4. The van der Waals surface area contributed by atoms with E-state index in [0.29, 0.717) is 5.75 Å². The number of carbonyl (C=O) groups excluding carboxylic acids is 1. The first kappa shape index (κ1) is 16.6. The molecule has 0 atom stereocenters. The Morgan fingerprint density at radius 3 is 2.54 bits per heavy atom. The molecule has 5 heteroatoms. The predicted molar refractivity (Wildman–Crippen MR) is 84.3 cm³/mol. The van der Waals surface area contributed by atoms with Gasteiger partial charge in [-0.25, -0.2) is 0 Å². The van der Waals surface area contributed by atoms with Crippen LogP contribution in [0.1, 0.15) is 47.3 Å². The third-order valence-corrected chi connectivity index (χ3v) is 4.18. The maximum atomic E-state index is 13.1. The molecule has 0 fully saturated rings. The van der Waals surface area contributed by atoms with Crippen molar-refractivity contribution in [2.75, 3.05) is 0 Å². The summed E-state index contributed by atoms with van der Waals surface area (Å²) in [5, 5.41) is 0. The number of fused-ring (bicyclic) bond motifs is 1. The minimum Gasteiger partial charge on any atom is -0.488 e. The fraction of sp³-hybridized carbons (Fsp3) is 0.316. The molecule has 2 nitrogen and oxygen atoms in total. The maximum Gasteiger partial charge on any atom is 0.417 e. The Labute approximate surface area is 138 Å². The van der Waals surface area contributed by atoms with Gasteiger partial charge in [-0.05, 0) is 56.5 Å². The van der Waals surface area contributed by atoms with Crippen molar-refractivity contribution < 1.29 is 22.7 Å². The molecule has 0 amide bonds. The number of rotatable bonds is 2. The molecule has 0 unspecified atom stereocenters. The van der Waals surface area contributed by atoms with Crippen molar-refractivity contribution in [2.24, 2.45) is 0 Å². The van der Waals surface area contributed by atoms with Gasteiger partial charge in [0.05, 0.1) is 5.56 Å². The molecule has 126 valence electrons. The average molecular weight is 334 g/mol. The molecule has 0 N–H and O–H groups in total. The number of hydrogen-bond donors (Lipinski definition) is 0. The summed E-state index contributed by atoms with van der Waals surface area (Å²) in [6, 6.07) is 9.69. The van der Waals surface area contributed by atoms with Gasteiger partial charge in [-0.1, -0.05) is 18.2 Å². The van der Waals surface area contributed by atoms with Crippen LogP contribution in [0.3, 0.4) is 0 Å². The van der Waals surface area contributed by atoms with E-state index in [2.05, 4.69) is 0 Å². The molecule has 1 aliphatic rings. The maximum absolute atomic E-state index is 13.1. The Balaban J connectivity index is 1.98. The summed E-state index contributed by atoms with van der Waals surface area (Å²) >= 11 is 0. The number of halogens is 3. The first-order chi connectivity index (χ1) is 11.2. The topological polar surface area (TPSA) is 26.3 Å². The Morgan fingerprint density at radius 1 is 1.12 bits per heavy atom. The first-order valence-corrected chi connectivity index (χ1v) is 7.70. The highest BCUT2D eigenvalue weighted by atomic mass is 19.4. The van der Waals surface area contributed by atoms with Crippen molar-refractivity contribution in [1.29, 1.82) is 0 Å². The highest BCUT2D eigenvalue weighted by molar-refractivity contribution is 6.10. The predicted octanol–water partition coefficient (Wildman–Crippen LogP) is 5.04. The third kappa shape index (κ3) is 3.16. The molecule has 0 bridgehead atoms. The van der Waals surface area contributed by atoms with Gasteiger partial charge in [0.1, 0.15) is 11.4 Å². The van der Waals surface area contributed by atoms with Crippen molar-refractivity contribution in [1.82, 2.24) is 0 Å². The van der Waals surface area contributed by atoms with Gasteiger partial charge < -0.3 is 4.74 Å². The second kappa shape index (κ2) is 5.65. The van der Waals surface area contributed by atoms with E-state index in [1.54, 1.807) is 12.1 Å². The average Bonchev–Trinajstić information content (AvgIpc) is 2.52. The second-order valence-corrected chi connectivity index (χ2v) is 6.56. The van der Waals surface area contributed by atoms with Gasteiger partial charge in [0.15, 0.2) is 5.78 Å². The summed E-state index contributed by atoms with van der Waals surface area (Å²) in [4.78, 5) is 12.6. The van der Waals surface area contributed by atoms with Gasteiger partial charge in [-0.3, -0.25) is 4.79 Å². The summed E-state index contributed by atoms with van der Waals surface area (Å²) in [6.45, 7) is 3.96. The van der Waals surface area contributed by atoms with Crippen LogP contribution in [0.25, 0.3) is 0 Å². The number of benzene rings is 2. The highest BCUT2D eigenvalue weighted by Gasteiger charge is 2.35. The van der Waals surface area contributed by atoms with E-state index in [1.165, 1.54) is 24.3 Å². The number of ether oxygens (including phenoxy) is 1. The van der Waals surface area contributed by atoms with Crippen molar-refractivity contribution in [3.63, 3.8) is 0 Å². The normalized spacial score (nSPS) is 16.2. The molecular formula is C19H17F3O2. The van der Waals surface area contributed by atoms with Crippen molar-refractivity contribution >= 4 is 5.78 Å². The van der Waals surface area contributed by atoms with Crippen molar-refractivity contribution in [3.05, 3.63) is 64.7 Å². The molecule has 2 aromatic carbocycles. The quantitative estimate of drug-likeness (QED) is 0.719. The fourth-order valence-electron chi connectivity index (χ4n) is 2.88. The van der Waals surface area contributed by atoms with Gasteiger partial charge in [0.25, 0.3) is 0 Å². The van der Waals surface area contributed by atoms with Crippen LogP contribution in [-0.2, 0) is 12.6 Å². The lowest BCUT2D eigenvalue weighted by Gasteiger charge is -2.32. The molecule has 2 aromatic rings. The lowest BCUT2D eigenvalue weighted by atomic mass is 9.91. The van der Waals surface area contributed by atoms with Crippen LogP contribution >= 0.6 is 0 Å². The number of ketones is 1. The third-order valence-electron chi connectivity index (χ3n) is 4.18. The molecule has 0 spiro atoms. The summed E-state index contributed by atoms with van der Waals surface area (Å²) in [7, 11) is 0. The summed E-state index contributed by atoms with van der Waals surface area (Å²) in [5.74, 6) is 0.0578. The second-order valence-electron chi connectivity index (χ2n) is 6.56. The minimum absolute atomic E-state index is 0.244. The fourth-order valence-corrected chi connectivity index (χ4v) is 2.88. The van der Waals surface area contributed by atoms with E-state index in [1.807, 2.05) is 13.8 Å². The monoisotopic (exact) mass is 334 g/mol. The van der Waals surface area contributed by atoms with Gasteiger partial charge in [-0.2, -0.15) is 13.2 Å². The van der Waals surface area contributed by atoms with Crippen molar-refractivity contribution in [3.8, 4) is 5.75 Å². The lowest BCUT2D eigenvalue weighted by molar-refractivity contribution is -0.137. The van der Waals surface area contributed by atoms with E-state index in [0.717, 1.165) is 24.5 Å². The summed E-state index contributed by atoms with van der Waals surface area (Å²) in [6.07, 6.45) is -3.05. The first-order valence-electron chi connectivity index (χ1n) is 7.70. The molecule has 0 radical (unpaired) electrons. The van der Waals surface area contributed by atoms with E-state index < -0.39 is 17.5 Å². The van der Waals surface area contributed by atoms with Crippen LogP contribution in [0.2, 0.25) is 0 Å². The number of aryl methyl sites for hydroxylation is 1. The standard InChI is InChI=1S/C19H17F3O2/c1-18(2)10-9-12-11-13(7-8-16(12)24-18)17(23)14-5-3-4-6-15(14)19(20,21)22/h3-8,11H,9-10H2,1-2H3. The summed E-state index contributed by atoms with van der Waals surface area (Å²) in [5.41, 5.74) is -0.424. The van der Waals surface area contributed by atoms with Gasteiger partial charge in [0, 0.05) is 11.1 Å². The molecule has 0 aromatic heterocycles. The molecular weight excluding hydrogens is 317 g/mol. The Hall–Kier alpha value is -2.30. The molecule has 3 rings (SSSR count). The minimum atomic E-state index is -4.56. The largest absolute Gasteiger partial charge is 0.488 e. The highest BCUT2D eigenvalue weighted by Crippen LogP contribution is 2.36. The number of alkyl halides is 3. The Bertz CT molecular complexity index is 791. The van der Waals surface area contributed by atoms with Crippen LogP contribution in [0, 0.1) is 0 Å². The van der Waals surface area contributed by atoms with Crippen LogP contribution in [-0.4, -0.2) is 11.4 Å². The molecule has 0 saturated carbocycles. The van der Waals surface area contributed by atoms with Crippen LogP contribution in [0.4, 0.5) is 13.2 Å². The molecule has 24 heavy (non-hydrogen) atoms. The molecule has 1 aliphatic heterocycles. The Kier molecular flexibility index (Phi) is 3.90. The molecule has 1 heterocycles. The van der Waals surface area contributed by atoms with Crippen LogP contribution < -0.4 is 4.74 Å². The van der Waals surface area contributed by atoms with E-state index >= 15 is 0 Å². The van der Waals surface area contributed by atoms with Crippen molar-refractivity contribution in [2.45, 2.75) is 38.5 Å².